The smallest absolute Gasteiger partial charge is 0.159 e. The molecule has 0 aromatic heterocycles. The Hall–Kier alpha value is -0.300. The number of hydrogen-bond acceptors (Lipinski definition) is 6. The lowest BCUT2D eigenvalue weighted by Gasteiger charge is -2.37. The molecule has 3 N–H and O–H groups in total. The predicted octanol–water partition coefficient (Wildman–Crippen LogP) is -0.344. The Morgan fingerprint density at radius 3 is 2.61 bits per heavy atom. The third-order valence-corrected chi connectivity index (χ3v) is 5.57. The van der Waals surface area contributed by atoms with Crippen LogP contribution < -0.4 is 0 Å². The molecule has 0 bridgehead atoms. The van der Waals surface area contributed by atoms with Crippen molar-refractivity contribution in [3.05, 3.63) is 0 Å². The van der Waals surface area contributed by atoms with Gasteiger partial charge in [0.05, 0.1) is 12.1 Å². The molecule has 5 unspecified atom stereocenters. The summed E-state index contributed by atoms with van der Waals surface area (Å²) in [7, 11) is 0. The van der Waals surface area contributed by atoms with Crippen LogP contribution in [-0.4, -0.2) is 68.6 Å². The Morgan fingerprint density at radius 1 is 1.22 bits per heavy atom. The van der Waals surface area contributed by atoms with Crippen LogP contribution in [0.4, 0.5) is 0 Å². The summed E-state index contributed by atoms with van der Waals surface area (Å²) in [5.74, 6) is -0.220. The highest BCUT2D eigenvalue weighted by Crippen LogP contribution is 2.41. The number of hydrogen-bond donors (Lipinski definition) is 3. The zero-order valence-electron chi connectivity index (χ0n) is 10.3. The largest absolute Gasteiger partial charge is 0.396 e. The number of amidine groups is 1. The molecule has 1 saturated carbocycles. The van der Waals surface area contributed by atoms with Crippen molar-refractivity contribution in [2.45, 2.75) is 42.8 Å². The first-order valence-electron chi connectivity index (χ1n) is 6.67. The van der Waals surface area contributed by atoms with Crippen molar-refractivity contribution in [2.75, 3.05) is 19.7 Å². The second-order valence-corrected chi connectivity index (χ2v) is 6.62. The molecule has 1 aliphatic carbocycles. The highest BCUT2D eigenvalue weighted by atomic mass is 32.2. The van der Waals surface area contributed by atoms with Crippen LogP contribution in [0.5, 0.6) is 0 Å². The maximum atomic E-state index is 10.1. The summed E-state index contributed by atoms with van der Waals surface area (Å²) in [6.45, 7) is 2.03. The van der Waals surface area contributed by atoms with E-state index in [1.54, 1.807) is 11.8 Å². The van der Waals surface area contributed by atoms with Crippen LogP contribution in [0.1, 0.15) is 19.3 Å². The highest BCUT2D eigenvalue weighted by molar-refractivity contribution is 8.14. The van der Waals surface area contributed by atoms with E-state index in [4.69, 9.17) is 0 Å². The van der Waals surface area contributed by atoms with Gasteiger partial charge in [0.1, 0.15) is 6.10 Å². The maximum Gasteiger partial charge on any atom is 0.159 e. The fraction of sp³-hybridized carbons (Fsp3) is 0.917. The Labute approximate surface area is 111 Å². The summed E-state index contributed by atoms with van der Waals surface area (Å²) in [6, 6.07) is -0.205. The number of likely N-dealkylation sites (tertiary alicyclic amines) is 1. The summed E-state index contributed by atoms with van der Waals surface area (Å²) in [4.78, 5) is 6.88. The minimum atomic E-state index is -0.849. The van der Waals surface area contributed by atoms with Crippen LogP contribution in [0.15, 0.2) is 4.99 Å². The minimum absolute atomic E-state index is 0.0684. The molecule has 6 heteroatoms. The number of nitrogens with zero attached hydrogens (tertiary/aromatic N) is 2. The summed E-state index contributed by atoms with van der Waals surface area (Å²) in [6.07, 6.45) is 1.45. The Kier molecular flexibility index (Phi) is 3.53. The minimum Gasteiger partial charge on any atom is -0.396 e. The lowest BCUT2D eigenvalue weighted by molar-refractivity contribution is -0.0646. The summed E-state index contributed by atoms with van der Waals surface area (Å²) in [5.41, 5.74) is 0. The van der Waals surface area contributed by atoms with E-state index in [0.29, 0.717) is 0 Å². The van der Waals surface area contributed by atoms with Gasteiger partial charge in [-0.2, -0.15) is 0 Å². The van der Waals surface area contributed by atoms with Gasteiger partial charge in [-0.15, -0.1) is 0 Å². The van der Waals surface area contributed by atoms with E-state index < -0.39 is 12.2 Å². The zero-order valence-corrected chi connectivity index (χ0v) is 11.1. The summed E-state index contributed by atoms with van der Waals surface area (Å²) in [5, 5.41) is 30.5. The van der Waals surface area contributed by atoms with Crippen LogP contribution in [-0.2, 0) is 0 Å². The first-order chi connectivity index (χ1) is 8.70. The molecule has 0 spiro atoms. The second-order valence-electron chi connectivity index (χ2n) is 5.41. The molecular formula is C12H20N2O3S. The van der Waals surface area contributed by atoms with Gasteiger partial charge < -0.3 is 20.2 Å². The third kappa shape index (κ3) is 2.05. The van der Waals surface area contributed by atoms with Crippen LogP contribution >= 0.6 is 11.8 Å². The molecule has 0 aromatic carbocycles. The molecule has 2 heterocycles. The molecule has 102 valence electrons. The average molecular weight is 272 g/mol. The lowest BCUT2D eigenvalue weighted by atomic mass is 9.81. The van der Waals surface area contributed by atoms with E-state index in [1.165, 1.54) is 12.8 Å². The number of rotatable bonds is 1. The molecule has 5 atom stereocenters. The second kappa shape index (κ2) is 5.00. The SMILES string of the molecule is OCC1CC2SC(N3CCCC3)=NC2C(O)C1O. The van der Waals surface area contributed by atoms with Gasteiger partial charge in [-0.1, -0.05) is 11.8 Å². The van der Waals surface area contributed by atoms with E-state index >= 15 is 0 Å². The standard InChI is InChI=1S/C12H20N2O3S/c15-6-7-5-8-9(11(17)10(7)16)13-12(18-8)14-3-1-2-4-14/h7-11,15-17H,1-6H2. The van der Waals surface area contributed by atoms with Crippen molar-refractivity contribution in [1.82, 2.24) is 4.90 Å². The van der Waals surface area contributed by atoms with Crippen LogP contribution in [0.3, 0.4) is 0 Å². The molecule has 3 rings (SSSR count). The molecule has 5 nitrogen and oxygen atoms in total. The quantitative estimate of drug-likeness (QED) is 0.609. The van der Waals surface area contributed by atoms with Crippen LogP contribution in [0, 0.1) is 5.92 Å². The Balaban J connectivity index is 1.74. The number of fused-ring (bicyclic) bond motifs is 1. The Morgan fingerprint density at radius 2 is 1.94 bits per heavy atom. The van der Waals surface area contributed by atoms with E-state index in [2.05, 4.69) is 9.89 Å². The molecular weight excluding hydrogens is 252 g/mol. The lowest BCUT2D eigenvalue weighted by Crippen LogP contribution is -2.51. The van der Waals surface area contributed by atoms with Gasteiger partial charge in [0.25, 0.3) is 0 Å². The fourth-order valence-corrected chi connectivity index (χ4v) is 4.59. The predicted molar refractivity (Wildman–Crippen MR) is 70.6 cm³/mol. The Bertz CT molecular complexity index is 346. The average Bonchev–Trinajstić information content (AvgIpc) is 3.01. The maximum absolute atomic E-state index is 10.1. The summed E-state index contributed by atoms with van der Waals surface area (Å²) < 4.78 is 0. The van der Waals surface area contributed by atoms with Crippen molar-refractivity contribution < 1.29 is 15.3 Å². The number of thioether (sulfide) groups is 1. The van der Waals surface area contributed by atoms with Crippen molar-refractivity contribution in [1.29, 1.82) is 0 Å². The molecule has 0 aromatic rings. The number of aliphatic hydroxyl groups is 3. The molecule has 3 aliphatic rings. The van der Waals surface area contributed by atoms with Gasteiger partial charge >= 0.3 is 0 Å². The van der Waals surface area contributed by atoms with E-state index in [9.17, 15) is 15.3 Å². The molecule has 1 saturated heterocycles. The van der Waals surface area contributed by atoms with E-state index in [0.717, 1.165) is 24.7 Å². The molecule has 2 fully saturated rings. The van der Waals surface area contributed by atoms with Gasteiger partial charge in [0.2, 0.25) is 0 Å². The number of aliphatic imine (C=N–C) groups is 1. The van der Waals surface area contributed by atoms with Crippen molar-refractivity contribution >= 4 is 16.9 Å². The van der Waals surface area contributed by atoms with Gasteiger partial charge in [0, 0.05) is 30.9 Å². The van der Waals surface area contributed by atoms with E-state index in [-0.39, 0.29) is 23.8 Å². The topological polar surface area (TPSA) is 76.3 Å². The fourth-order valence-electron chi connectivity index (χ4n) is 3.10. The van der Waals surface area contributed by atoms with Crippen molar-refractivity contribution in [2.24, 2.45) is 10.9 Å². The third-order valence-electron chi connectivity index (χ3n) is 4.23. The van der Waals surface area contributed by atoms with Crippen molar-refractivity contribution in [3.8, 4) is 0 Å². The molecule has 18 heavy (non-hydrogen) atoms. The first kappa shape index (κ1) is 12.7. The van der Waals surface area contributed by atoms with E-state index in [1.807, 2.05) is 0 Å². The van der Waals surface area contributed by atoms with Gasteiger partial charge in [-0.05, 0) is 19.3 Å². The monoisotopic (exact) mass is 272 g/mol. The normalized spacial score (nSPS) is 44.1. The number of aliphatic hydroxyl groups excluding tert-OH is 3. The van der Waals surface area contributed by atoms with Crippen molar-refractivity contribution in [3.63, 3.8) is 0 Å². The zero-order chi connectivity index (χ0) is 12.7. The van der Waals surface area contributed by atoms with Crippen LogP contribution in [0.2, 0.25) is 0 Å². The summed E-state index contributed by atoms with van der Waals surface area (Å²) >= 11 is 1.71. The molecule has 0 amide bonds. The van der Waals surface area contributed by atoms with Gasteiger partial charge in [-0.3, -0.25) is 4.99 Å². The molecule has 0 radical (unpaired) electrons. The van der Waals surface area contributed by atoms with Gasteiger partial charge in [0.15, 0.2) is 5.17 Å². The highest BCUT2D eigenvalue weighted by Gasteiger charge is 2.47. The van der Waals surface area contributed by atoms with Gasteiger partial charge in [-0.25, -0.2) is 0 Å². The first-order valence-corrected chi connectivity index (χ1v) is 7.55. The molecule has 2 aliphatic heterocycles. The van der Waals surface area contributed by atoms with Crippen LogP contribution in [0.25, 0.3) is 0 Å².